The molecule has 1 fully saturated rings. The molecule has 0 radical (unpaired) electrons. The molecule has 1 aliphatic carbocycles. The summed E-state index contributed by atoms with van der Waals surface area (Å²) in [6.07, 6.45) is 4.68. The van der Waals surface area contributed by atoms with Crippen molar-refractivity contribution in [3.8, 4) is 0 Å². The molecule has 0 heterocycles. The van der Waals surface area contributed by atoms with Crippen LogP contribution in [0.25, 0.3) is 0 Å². The minimum Gasteiger partial charge on any atom is -0.327 e. The first-order valence-electron chi connectivity index (χ1n) is 7.26. The van der Waals surface area contributed by atoms with Gasteiger partial charge in [0.15, 0.2) is 0 Å². The fraction of sp³-hybridized carbons (Fsp3) is 0.333. The van der Waals surface area contributed by atoms with Gasteiger partial charge in [0.2, 0.25) is 0 Å². The van der Waals surface area contributed by atoms with Gasteiger partial charge in [0, 0.05) is 15.9 Å². The zero-order valence-electron chi connectivity index (χ0n) is 11.6. The highest BCUT2D eigenvalue weighted by atomic mass is 79.9. The minimum atomic E-state index is 0.189. The SMILES string of the molecule is NC(Cc1ccc(Br)cc1)C1(c2ccccc2)CCC1. The Morgan fingerprint density at radius 3 is 2.20 bits per heavy atom. The fourth-order valence-electron chi connectivity index (χ4n) is 3.27. The van der Waals surface area contributed by atoms with Crippen LogP contribution in [0, 0.1) is 0 Å². The van der Waals surface area contributed by atoms with E-state index in [2.05, 4.69) is 70.5 Å². The van der Waals surface area contributed by atoms with Crippen LogP contribution in [-0.2, 0) is 11.8 Å². The highest BCUT2D eigenvalue weighted by Gasteiger charge is 2.43. The van der Waals surface area contributed by atoms with Crippen molar-refractivity contribution in [2.24, 2.45) is 5.73 Å². The Hall–Kier alpha value is -1.12. The van der Waals surface area contributed by atoms with Crippen LogP contribution in [0.2, 0.25) is 0 Å². The van der Waals surface area contributed by atoms with Crippen molar-refractivity contribution in [1.29, 1.82) is 0 Å². The van der Waals surface area contributed by atoms with Crippen LogP contribution in [-0.4, -0.2) is 6.04 Å². The smallest absolute Gasteiger partial charge is 0.0177 e. The standard InChI is InChI=1S/C18H20BrN/c19-16-9-7-14(8-10-16)13-17(20)18(11-4-12-18)15-5-2-1-3-6-15/h1-3,5-10,17H,4,11-13,20H2. The van der Waals surface area contributed by atoms with Crippen molar-refractivity contribution >= 4 is 15.9 Å². The van der Waals surface area contributed by atoms with E-state index in [1.807, 2.05) is 0 Å². The van der Waals surface area contributed by atoms with Crippen LogP contribution in [0.15, 0.2) is 59.1 Å². The Kier molecular flexibility index (Phi) is 3.95. The molecule has 1 aliphatic rings. The number of benzene rings is 2. The number of hydrogen-bond acceptors (Lipinski definition) is 1. The van der Waals surface area contributed by atoms with Crippen LogP contribution in [0.5, 0.6) is 0 Å². The number of halogens is 1. The zero-order valence-corrected chi connectivity index (χ0v) is 13.1. The van der Waals surface area contributed by atoms with E-state index in [-0.39, 0.29) is 11.5 Å². The summed E-state index contributed by atoms with van der Waals surface area (Å²) in [6.45, 7) is 0. The summed E-state index contributed by atoms with van der Waals surface area (Å²) < 4.78 is 1.12. The van der Waals surface area contributed by atoms with Gasteiger partial charge in [-0.2, -0.15) is 0 Å². The Balaban J connectivity index is 1.81. The second-order valence-corrected chi connectivity index (χ2v) is 6.73. The third-order valence-electron chi connectivity index (χ3n) is 4.67. The first-order valence-corrected chi connectivity index (χ1v) is 8.05. The quantitative estimate of drug-likeness (QED) is 0.881. The average molecular weight is 330 g/mol. The van der Waals surface area contributed by atoms with Crippen molar-refractivity contribution in [3.05, 3.63) is 70.2 Å². The molecule has 0 spiro atoms. The van der Waals surface area contributed by atoms with Gasteiger partial charge in [-0.05, 0) is 42.5 Å². The van der Waals surface area contributed by atoms with Gasteiger partial charge in [-0.1, -0.05) is 64.8 Å². The van der Waals surface area contributed by atoms with Crippen molar-refractivity contribution in [3.63, 3.8) is 0 Å². The van der Waals surface area contributed by atoms with Crippen LogP contribution in [0.4, 0.5) is 0 Å². The Bertz CT molecular complexity index is 558. The lowest BCUT2D eigenvalue weighted by Gasteiger charge is -2.47. The monoisotopic (exact) mass is 329 g/mol. The first-order chi connectivity index (χ1) is 9.71. The summed E-state index contributed by atoms with van der Waals surface area (Å²) in [5, 5.41) is 0. The van der Waals surface area contributed by atoms with E-state index >= 15 is 0 Å². The van der Waals surface area contributed by atoms with E-state index in [1.54, 1.807) is 0 Å². The van der Waals surface area contributed by atoms with E-state index in [0.717, 1.165) is 10.9 Å². The molecule has 2 aromatic rings. The second kappa shape index (κ2) is 5.71. The lowest BCUT2D eigenvalue weighted by Crippen LogP contribution is -2.51. The molecule has 3 rings (SSSR count). The predicted molar refractivity (Wildman–Crippen MR) is 87.8 cm³/mol. The van der Waals surface area contributed by atoms with Crippen molar-refractivity contribution < 1.29 is 0 Å². The average Bonchev–Trinajstić information content (AvgIpc) is 2.41. The topological polar surface area (TPSA) is 26.0 Å². The summed E-state index contributed by atoms with van der Waals surface area (Å²) in [5.41, 5.74) is 9.53. The highest BCUT2D eigenvalue weighted by molar-refractivity contribution is 9.10. The summed E-state index contributed by atoms with van der Waals surface area (Å²) in [7, 11) is 0. The van der Waals surface area contributed by atoms with Gasteiger partial charge in [0.1, 0.15) is 0 Å². The maximum atomic E-state index is 6.60. The summed E-state index contributed by atoms with van der Waals surface area (Å²) in [5.74, 6) is 0. The third kappa shape index (κ3) is 2.55. The molecular weight excluding hydrogens is 310 g/mol. The molecule has 1 nitrogen and oxygen atoms in total. The number of hydrogen-bond donors (Lipinski definition) is 1. The van der Waals surface area contributed by atoms with Gasteiger partial charge < -0.3 is 5.73 Å². The van der Waals surface area contributed by atoms with E-state index in [1.165, 1.54) is 30.4 Å². The molecule has 2 heteroatoms. The summed E-state index contributed by atoms with van der Waals surface area (Å²) >= 11 is 3.48. The van der Waals surface area contributed by atoms with E-state index in [0.29, 0.717) is 0 Å². The zero-order chi connectivity index (χ0) is 14.0. The predicted octanol–water partition coefficient (Wildman–Crippen LogP) is 4.44. The highest BCUT2D eigenvalue weighted by Crippen LogP contribution is 2.46. The molecule has 104 valence electrons. The van der Waals surface area contributed by atoms with Gasteiger partial charge in [0.05, 0.1) is 0 Å². The van der Waals surface area contributed by atoms with Crippen molar-refractivity contribution in [2.75, 3.05) is 0 Å². The largest absolute Gasteiger partial charge is 0.327 e. The molecule has 0 bridgehead atoms. The molecule has 1 unspecified atom stereocenters. The summed E-state index contributed by atoms with van der Waals surface area (Å²) in [4.78, 5) is 0. The third-order valence-corrected chi connectivity index (χ3v) is 5.20. The maximum Gasteiger partial charge on any atom is 0.0177 e. The molecule has 1 atom stereocenters. The Labute approximate surface area is 129 Å². The van der Waals surface area contributed by atoms with Crippen LogP contribution in [0.3, 0.4) is 0 Å². The first kappa shape index (κ1) is 13.8. The molecule has 2 N–H and O–H groups in total. The van der Waals surface area contributed by atoms with E-state index < -0.39 is 0 Å². The molecule has 0 saturated heterocycles. The molecule has 0 amide bonds. The van der Waals surface area contributed by atoms with Crippen LogP contribution in [0.1, 0.15) is 30.4 Å². The van der Waals surface area contributed by atoms with Crippen molar-refractivity contribution in [1.82, 2.24) is 0 Å². The van der Waals surface area contributed by atoms with Gasteiger partial charge in [0.25, 0.3) is 0 Å². The van der Waals surface area contributed by atoms with E-state index in [9.17, 15) is 0 Å². The Morgan fingerprint density at radius 1 is 1.00 bits per heavy atom. The fourth-order valence-corrected chi connectivity index (χ4v) is 3.54. The van der Waals surface area contributed by atoms with Crippen LogP contribution < -0.4 is 5.73 Å². The lowest BCUT2D eigenvalue weighted by molar-refractivity contribution is 0.194. The van der Waals surface area contributed by atoms with Gasteiger partial charge >= 0.3 is 0 Å². The van der Waals surface area contributed by atoms with Crippen molar-refractivity contribution in [2.45, 2.75) is 37.1 Å². The number of rotatable bonds is 4. The molecule has 2 aromatic carbocycles. The normalized spacial score (nSPS) is 18.3. The molecular formula is C18H20BrN. The van der Waals surface area contributed by atoms with Gasteiger partial charge in [-0.25, -0.2) is 0 Å². The Morgan fingerprint density at radius 2 is 1.65 bits per heavy atom. The molecule has 1 saturated carbocycles. The minimum absolute atomic E-state index is 0.189. The maximum absolute atomic E-state index is 6.60. The lowest BCUT2D eigenvalue weighted by atomic mass is 9.59. The second-order valence-electron chi connectivity index (χ2n) is 5.81. The molecule has 20 heavy (non-hydrogen) atoms. The van der Waals surface area contributed by atoms with Gasteiger partial charge in [-0.3, -0.25) is 0 Å². The molecule has 0 aromatic heterocycles. The van der Waals surface area contributed by atoms with Crippen LogP contribution >= 0.6 is 15.9 Å². The molecule has 0 aliphatic heterocycles. The summed E-state index contributed by atoms with van der Waals surface area (Å²) in [6, 6.07) is 19.5. The van der Waals surface area contributed by atoms with E-state index in [4.69, 9.17) is 5.73 Å². The van der Waals surface area contributed by atoms with Gasteiger partial charge in [-0.15, -0.1) is 0 Å². The number of nitrogens with two attached hydrogens (primary N) is 1.